The summed E-state index contributed by atoms with van der Waals surface area (Å²) in [6, 6.07) is 5.19. The number of nitrogens with one attached hydrogen (secondary N) is 1. The molecule has 1 saturated carbocycles. The van der Waals surface area contributed by atoms with Gasteiger partial charge in [-0.05, 0) is 44.5 Å². The highest BCUT2D eigenvalue weighted by Crippen LogP contribution is 2.22. The van der Waals surface area contributed by atoms with E-state index in [2.05, 4.69) is 17.3 Å². The first-order valence-electron chi connectivity index (χ1n) is 7.96. The predicted molar refractivity (Wildman–Crippen MR) is 87.7 cm³/mol. The Morgan fingerprint density at radius 2 is 1.95 bits per heavy atom. The Hall–Kier alpha value is -1.62. The molecule has 0 saturated heterocycles. The van der Waals surface area contributed by atoms with Gasteiger partial charge in [-0.15, -0.1) is 0 Å². The molecule has 1 aliphatic rings. The molecule has 1 aromatic rings. The van der Waals surface area contributed by atoms with Gasteiger partial charge < -0.3 is 15.1 Å². The number of carbonyl (C=O) groups excluding carboxylic acids is 1. The third kappa shape index (κ3) is 4.44. The van der Waals surface area contributed by atoms with Crippen LogP contribution in [0.2, 0.25) is 0 Å². The normalized spacial score (nSPS) is 15.3. The second-order valence-electron chi connectivity index (χ2n) is 6.23. The van der Waals surface area contributed by atoms with Crippen molar-refractivity contribution in [1.82, 2.24) is 9.80 Å². The first kappa shape index (κ1) is 16.7. The Bertz CT molecular complexity index is 515. The SMILES string of the molecule is Cc1ccc(NC(=O)N(C)CCN(C)C2CCCC2)cc1F. The summed E-state index contributed by atoms with van der Waals surface area (Å²) in [7, 11) is 3.89. The lowest BCUT2D eigenvalue weighted by Crippen LogP contribution is -2.40. The third-order valence-electron chi connectivity index (χ3n) is 4.51. The zero-order valence-electron chi connectivity index (χ0n) is 13.7. The fraction of sp³-hybridized carbons (Fsp3) is 0.588. The zero-order valence-corrected chi connectivity index (χ0v) is 13.7. The van der Waals surface area contributed by atoms with Crippen LogP contribution in [0.5, 0.6) is 0 Å². The predicted octanol–water partition coefficient (Wildman–Crippen LogP) is 3.47. The lowest BCUT2D eigenvalue weighted by Gasteiger charge is -2.26. The number of nitrogens with zero attached hydrogens (tertiary/aromatic N) is 2. The van der Waals surface area contributed by atoms with E-state index in [0.29, 0.717) is 23.8 Å². The summed E-state index contributed by atoms with van der Waals surface area (Å²) >= 11 is 0. The van der Waals surface area contributed by atoms with Crippen molar-refractivity contribution in [2.45, 2.75) is 38.6 Å². The highest BCUT2D eigenvalue weighted by molar-refractivity contribution is 5.89. The maximum absolute atomic E-state index is 13.5. The van der Waals surface area contributed by atoms with E-state index >= 15 is 0 Å². The summed E-state index contributed by atoms with van der Waals surface area (Å²) in [5.41, 5.74) is 1.06. The number of hydrogen-bond acceptors (Lipinski definition) is 2. The van der Waals surface area contributed by atoms with Crippen molar-refractivity contribution in [3.63, 3.8) is 0 Å². The number of anilines is 1. The van der Waals surface area contributed by atoms with E-state index in [9.17, 15) is 9.18 Å². The molecule has 5 heteroatoms. The van der Waals surface area contributed by atoms with Crippen LogP contribution in [-0.4, -0.2) is 49.1 Å². The fourth-order valence-electron chi connectivity index (χ4n) is 2.83. The zero-order chi connectivity index (χ0) is 16.1. The van der Waals surface area contributed by atoms with Gasteiger partial charge in [0.1, 0.15) is 5.82 Å². The Kier molecular flexibility index (Phi) is 5.77. The highest BCUT2D eigenvalue weighted by atomic mass is 19.1. The summed E-state index contributed by atoms with van der Waals surface area (Å²) in [5, 5.41) is 2.73. The van der Waals surface area contributed by atoms with Crippen LogP contribution >= 0.6 is 0 Å². The molecule has 0 radical (unpaired) electrons. The van der Waals surface area contributed by atoms with Gasteiger partial charge in [-0.2, -0.15) is 0 Å². The number of amides is 2. The van der Waals surface area contributed by atoms with E-state index in [1.165, 1.54) is 31.7 Å². The average Bonchev–Trinajstić information content (AvgIpc) is 3.02. The second-order valence-corrected chi connectivity index (χ2v) is 6.23. The Balaban J connectivity index is 1.79. The van der Waals surface area contributed by atoms with Gasteiger partial charge in [-0.25, -0.2) is 9.18 Å². The lowest BCUT2D eigenvalue weighted by atomic mass is 10.2. The lowest BCUT2D eigenvalue weighted by molar-refractivity contribution is 0.198. The number of halogens is 1. The Morgan fingerprint density at radius 1 is 1.27 bits per heavy atom. The Labute approximate surface area is 132 Å². The largest absolute Gasteiger partial charge is 0.326 e. The van der Waals surface area contributed by atoms with Gasteiger partial charge in [0.05, 0.1) is 0 Å². The summed E-state index contributed by atoms with van der Waals surface area (Å²) in [4.78, 5) is 16.1. The minimum Gasteiger partial charge on any atom is -0.326 e. The van der Waals surface area contributed by atoms with E-state index in [1.807, 2.05) is 0 Å². The molecule has 122 valence electrons. The molecule has 0 heterocycles. The number of benzene rings is 1. The first-order valence-corrected chi connectivity index (χ1v) is 7.96. The van der Waals surface area contributed by atoms with Crippen LogP contribution in [0.15, 0.2) is 18.2 Å². The van der Waals surface area contributed by atoms with Crippen LogP contribution in [-0.2, 0) is 0 Å². The van der Waals surface area contributed by atoms with Gasteiger partial charge >= 0.3 is 6.03 Å². The summed E-state index contributed by atoms with van der Waals surface area (Å²) in [5.74, 6) is -0.304. The first-order chi connectivity index (χ1) is 10.5. The van der Waals surface area contributed by atoms with Crippen molar-refractivity contribution in [1.29, 1.82) is 0 Å². The van der Waals surface area contributed by atoms with E-state index in [1.54, 1.807) is 31.0 Å². The number of likely N-dealkylation sites (N-methyl/N-ethyl adjacent to an activating group) is 2. The molecule has 22 heavy (non-hydrogen) atoms. The number of urea groups is 1. The minimum absolute atomic E-state index is 0.205. The molecule has 0 spiro atoms. The Morgan fingerprint density at radius 3 is 2.59 bits per heavy atom. The van der Waals surface area contributed by atoms with Crippen molar-refractivity contribution < 1.29 is 9.18 Å². The van der Waals surface area contributed by atoms with Crippen LogP contribution < -0.4 is 5.32 Å². The average molecular weight is 307 g/mol. The molecule has 0 aromatic heterocycles. The third-order valence-corrected chi connectivity index (χ3v) is 4.51. The molecular weight excluding hydrogens is 281 g/mol. The van der Waals surface area contributed by atoms with E-state index in [-0.39, 0.29) is 11.8 Å². The number of carbonyl (C=O) groups is 1. The molecule has 1 aliphatic carbocycles. The molecule has 0 aliphatic heterocycles. The smallest absolute Gasteiger partial charge is 0.321 e. The number of rotatable bonds is 5. The van der Waals surface area contributed by atoms with Crippen molar-refractivity contribution >= 4 is 11.7 Å². The maximum atomic E-state index is 13.5. The summed E-state index contributed by atoms with van der Waals surface area (Å²) < 4.78 is 13.5. The molecule has 0 bridgehead atoms. The van der Waals surface area contributed by atoms with Crippen LogP contribution in [0.25, 0.3) is 0 Å². The summed E-state index contributed by atoms with van der Waals surface area (Å²) in [6.07, 6.45) is 5.14. The maximum Gasteiger partial charge on any atom is 0.321 e. The van der Waals surface area contributed by atoms with Crippen molar-refractivity contribution in [3.8, 4) is 0 Å². The highest BCUT2D eigenvalue weighted by Gasteiger charge is 2.20. The van der Waals surface area contributed by atoms with Gasteiger partial charge in [0.25, 0.3) is 0 Å². The topological polar surface area (TPSA) is 35.6 Å². The molecule has 2 amide bonds. The molecule has 1 aromatic carbocycles. The standard InChI is InChI=1S/C17H26FN3O/c1-13-8-9-14(12-16(13)18)19-17(22)21(3)11-10-20(2)15-6-4-5-7-15/h8-9,12,15H,4-7,10-11H2,1-3H3,(H,19,22). The van der Waals surface area contributed by atoms with Gasteiger partial charge in [0, 0.05) is 31.9 Å². The van der Waals surface area contributed by atoms with E-state index < -0.39 is 0 Å². The van der Waals surface area contributed by atoms with E-state index in [0.717, 1.165) is 6.54 Å². The van der Waals surface area contributed by atoms with E-state index in [4.69, 9.17) is 0 Å². The second kappa shape index (κ2) is 7.58. The van der Waals surface area contributed by atoms with Crippen molar-refractivity contribution in [2.75, 3.05) is 32.5 Å². The van der Waals surface area contributed by atoms with Crippen LogP contribution in [0.1, 0.15) is 31.2 Å². The number of hydrogen-bond donors (Lipinski definition) is 1. The molecule has 4 nitrogen and oxygen atoms in total. The minimum atomic E-state index is -0.304. The fourth-order valence-corrected chi connectivity index (χ4v) is 2.83. The molecule has 1 N–H and O–H groups in total. The quantitative estimate of drug-likeness (QED) is 0.904. The van der Waals surface area contributed by atoms with Crippen LogP contribution in [0, 0.1) is 12.7 Å². The van der Waals surface area contributed by atoms with Gasteiger partial charge in [0.2, 0.25) is 0 Å². The molecule has 0 unspecified atom stereocenters. The summed E-state index contributed by atoms with van der Waals surface area (Å²) in [6.45, 7) is 3.22. The van der Waals surface area contributed by atoms with Gasteiger partial charge in [-0.1, -0.05) is 18.9 Å². The number of aryl methyl sites for hydroxylation is 1. The van der Waals surface area contributed by atoms with Crippen molar-refractivity contribution in [3.05, 3.63) is 29.6 Å². The van der Waals surface area contributed by atoms with Crippen LogP contribution in [0.3, 0.4) is 0 Å². The van der Waals surface area contributed by atoms with Crippen molar-refractivity contribution in [2.24, 2.45) is 0 Å². The molecule has 1 fully saturated rings. The molecular formula is C17H26FN3O. The van der Waals surface area contributed by atoms with Crippen LogP contribution in [0.4, 0.5) is 14.9 Å². The van der Waals surface area contributed by atoms with Gasteiger partial charge in [0.15, 0.2) is 0 Å². The molecule has 0 atom stereocenters. The monoisotopic (exact) mass is 307 g/mol. The molecule has 2 rings (SSSR count). The van der Waals surface area contributed by atoms with Gasteiger partial charge in [-0.3, -0.25) is 0 Å².